The second kappa shape index (κ2) is 12.5. The molecule has 1 saturated carbocycles. The van der Waals surface area contributed by atoms with Crippen molar-refractivity contribution in [3.05, 3.63) is 108 Å². The fraction of sp³-hybridized carbons (Fsp3) is 0.273. The molecular weight excluding hydrogens is 488 g/mol. The number of hydrogen-bond donors (Lipinski definition) is 1. The van der Waals surface area contributed by atoms with Gasteiger partial charge in [-0.3, -0.25) is 9.78 Å². The van der Waals surface area contributed by atoms with Crippen LogP contribution in [0.15, 0.2) is 91.1 Å². The van der Waals surface area contributed by atoms with Crippen LogP contribution in [-0.2, 0) is 11.2 Å². The van der Waals surface area contributed by atoms with E-state index in [0.29, 0.717) is 5.75 Å². The van der Waals surface area contributed by atoms with Gasteiger partial charge in [-0.1, -0.05) is 24.3 Å². The van der Waals surface area contributed by atoms with E-state index in [9.17, 15) is 4.79 Å². The maximum Gasteiger partial charge on any atom is 0.221 e. The molecule has 4 aromatic rings. The predicted octanol–water partition coefficient (Wildman–Crippen LogP) is 7.54. The van der Waals surface area contributed by atoms with Gasteiger partial charge in [-0.05, 0) is 104 Å². The first kappa shape index (κ1) is 26.3. The fourth-order valence-electron chi connectivity index (χ4n) is 5.05. The molecule has 6 heteroatoms. The quantitative estimate of drug-likeness (QED) is 0.233. The van der Waals surface area contributed by atoms with Gasteiger partial charge in [-0.15, -0.1) is 0 Å². The third-order valence-corrected chi connectivity index (χ3v) is 7.00. The summed E-state index contributed by atoms with van der Waals surface area (Å²) in [4.78, 5) is 15.9. The maximum absolute atomic E-state index is 11.3. The number of amides is 1. The number of anilines is 1. The van der Waals surface area contributed by atoms with Gasteiger partial charge in [0, 0.05) is 30.4 Å². The van der Waals surface area contributed by atoms with Crippen LogP contribution in [0.3, 0.4) is 0 Å². The molecule has 1 atom stereocenters. The number of hydrogen-bond acceptors (Lipinski definition) is 5. The van der Waals surface area contributed by atoms with Crippen molar-refractivity contribution in [2.75, 3.05) is 12.4 Å². The number of nitrogens with zero attached hydrogens (tertiary/aromatic N) is 1. The molecule has 1 N–H and O–H groups in total. The van der Waals surface area contributed by atoms with E-state index in [0.717, 1.165) is 53.5 Å². The zero-order valence-electron chi connectivity index (χ0n) is 22.4. The molecule has 1 aliphatic carbocycles. The summed E-state index contributed by atoms with van der Waals surface area (Å²) in [5.41, 5.74) is 4.06. The molecule has 0 radical (unpaired) electrons. The Hall–Kier alpha value is -4.32. The van der Waals surface area contributed by atoms with E-state index in [1.54, 1.807) is 7.11 Å². The third-order valence-electron chi connectivity index (χ3n) is 7.00. The summed E-state index contributed by atoms with van der Waals surface area (Å²) in [6.45, 7) is 1.49. The van der Waals surface area contributed by atoms with E-state index < -0.39 is 0 Å². The van der Waals surface area contributed by atoms with Gasteiger partial charge < -0.3 is 19.5 Å². The van der Waals surface area contributed by atoms with Crippen molar-refractivity contribution in [3.63, 3.8) is 0 Å². The predicted molar refractivity (Wildman–Crippen MR) is 153 cm³/mol. The highest BCUT2D eigenvalue weighted by Gasteiger charge is 2.21. The van der Waals surface area contributed by atoms with Gasteiger partial charge in [0.05, 0.1) is 13.2 Å². The number of carbonyl (C=O) groups excluding carboxylic acids is 1. The SMILES string of the molecule is COc1ccc(CC(c2ccc(Oc3ccc(NC(C)=O)cc3)cc2)c2ccccn2)cc1OC1CCCC1. The molecular formula is C33H34N2O4. The lowest BCUT2D eigenvalue weighted by Crippen LogP contribution is -2.12. The second-order valence-electron chi connectivity index (χ2n) is 9.90. The van der Waals surface area contributed by atoms with Crippen molar-refractivity contribution < 1.29 is 19.0 Å². The van der Waals surface area contributed by atoms with Crippen LogP contribution < -0.4 is 19.5 Å². The van der Waals surface area contributed by atoms with Gasteiger partial charge in [-0.2, -0.15) is 0 Å². The average molecular weight is 523 g/mol. The van der Waals surface area contributed by atoms with Crippen molar-refractivity contribution in [1.29, 1.82) is 0 Å². The summed E-state index contributed by atoms with van der Waals surface area (Å²) < 4.78 is 18.0. The molecule has 1 aromatic heterocycles. The number of carbonyl (C=O) groups is 1. The zero-order chi connectivity index (χ0) is 27.0. The minimum atomic E-state index is -0.103. The van der Waals surface area contributed by atoms with Gasteiger partial charge in [0.15, 0.2) is 11.5 Å². The molecule has 5 rings (SSSR count). The Morgan fingerprint density at radius 3 is 2.28 bits per heavy atom. The molecule has 200 valence electrons. The molecule has 1 unspecified atom stereocenters. The Balaban J connectivity index is 1.35. The molecule has 1 aliphatic rings. The molecule has 0 bridgehead atoms. The molecule has 6 nitrogen and oxygen atoms in total. The van der Waals surface area contributed by atoms with Crippen molar-refractivity contribution in [2.24, 2.45) is 0 Å². The molecule has 1 fully saturated rings. The maximum atomic E-state index is 11.3. The van der Waals surface area contributed by atoms with Crippen molar-refractivity contribution in [1.82, 2.24) is 4.98 Å². The van der Waals surface area contributed by atoms with Gasteiger partial charge in [0.25, 0.3) is 0 Å². The number of ether oxygens (including phenoxy) is 3. The Morgan fingerprint density at radius 1 is 0.923 bits per heavy atom. The van der Waals surface area contributed by atoms with E-state index >= 15 is 0 Å². The van der Waals surface area contributed by atoms with Crippen LogP contribution in [0.5, 0.6) is 23.0 Å². The Morgan fingerprint density at radius 2 is 1.64 bits per heavy atom. The first-order chi connectivity index (χ1) is 19.1. The molecule has 1 amide bonds. The van der Waals surface area contributed by atoms with Crippen molar-refractivity contribution in [3.8, 4) is 23.0 Å². The minimum Gasteiger partial charge on any atom is -0.493 e. The first-order valence-corrected chi connectivity index (χ1v) is 13.5. The van der Waals surface area contributed by atoms with E-state index in [1.807, 2.05) is 60.8 Å². The molecule has 0 aliphatic heterocycles. The summed E-state index contributed by atoms with van der Waals surface area (Å²) in [7, 11) is 1.69. The topological polar surface area (TPSA) is 69.7 Å². The molecule has 39 heavy (non-hydrogen) atoms. The Labute approximate surface area is 230 Å². The van der Waals surface area contributed by atoms with Crippen LogP contribution in [0.4, 0.5) is 5.69 Å². The minimum absolute atomic E-state index is 0.0601. The molecule has 1 heterocycles. The number of methoxy groups -OCH3 is 1. The highest BCUT2D eigenvalue weighted by atomic mass is 16.5. The number of rotatable bonds is 10. The van der Waals surface area contributed by atoms with Crippen LogP contribution >= 0.6 is 0 Å². The van der Waals surface area contributed by atoms with E-state index in [-0.39, 0.29) is 17.9 Å². The number of pyridine rings is 1. The molecule has 3 aromatic carbocycles. The number of nitrogens with one attached hydrogen (secondary N) is 1. The molecule has 0 saturated heterocycles. The monoisotopic (exact) mass is 522 g/mol. The number of aromatic nitrogens is 1. The average Bonchev–Trinajstić information content (AvgIpc) is 3.47. The fourth-order valence-corrected chi connectivity index (χ4v) is 5.05. The van der Waals surface area contributed by atoms with Crippen LogP contribution in [0.1, 0.15) is 55.3 Å². The van der Waals surface area contributed by atoms with E-state index in [1.165, 1.54) is 25.3 Å². The normalized spacial score (nSPS) is 14.0. The summed E-state index contributed by atoms with van der Waals surface area (Å²) in [6, 6.07) is 27.8. The van der Waals surface area contributed by atoms with E-state index in [2.05, 4.69) is 35.6 Å². The summed E-state index contributed by atoms with van der Waals surface area (Å²) in [5, 5.41) is 2.76. The van der Waals surface area contributed by atoms with Crippen LogP contribution in [0.25, 0.3) is 0 Å². The van der Waals surface area contributed by atoms with Crippen LogP contribution in [-0.4, -0.2) is 24.1 Å². The lowest BCUT2D eigenvalue weighted by Gasteiger charge is -2.20. The van der Waals surface area contributed by atoms with Crippen molar-refractivity contribution >= 4 is 11.6 Å². The van der Waals surface area contributed by atoms with E-state index in [4.69, 9.17) is 19.2 Å². The van der Waals surface area contributed by atoms with Crippen LogP contribution in [0.2, 0.25) is 0 Å². The van der Waals surface area contributed by atoms with Gasteiger partial charge >= 0.3 is 0 Å². The summed E-state index contributed by atoms with van der Waals surface area (Å²) in [5.74, 6) is 2.98. The standard InChI is InChI=1S/C33H34N2O4/c1-23(36)35-26-13-17-29(18-14-26)38-28-15-11-25(12-16-28)30(31-9-5-6-20-34-31)21-24-10-19-32(37-2)33(22-24)39-27-7-3-4-8-27/h5-6,9-20,22,27,30H,3-4,7-8,21H2,1-2H3,(H,35,36). The third kappa shape index (κ3) is 6.96. The highest BCUT2D eigenvalue weighted by Crippen LogP contribution is 2.35. The van der Waals surface area contributed by atoms with Gasteiger partial charge in [0.1, 0.15) is 11.5 Å². The second-order valence-corrected chi connectivity index (χ2v) is 9.90. The Bertz CT molecular complexity index is 1370. The number of benzene rings is 3. The summed E-state index contributed by atoms with van der Waals surface area (Å²) >= 11 is 0. The first-order valence-electron chi connectivity index (χ1n) is 13.5. The lowest BCUT2D eigenvalue weighted by molar-refractivity contribution is -0.114. The van der Waals surface area contributed by atoms with Crippen LogP contribution in [0, 0.1) is 0 Å². The zero-order valence-corrected chi connectivity index (χ0v) is 22.4. The lowest BCUT2D eigenvalue weighted by atomic mass is 9.88. The highest BCUT2D eigenvalue weighted by molar-refractivity contribution is 5.88. The largest absolute Gasteiger partial charge is 0.493 e. The Kier molecular flexibility index (Phi) is 8.42. The van der Waals surface area contributed by atoms with Crippen molar-refractivity contribution in [2.45, 2.75) is 51.0 Å². The smallest absolute Gasteiger partial charge is 0.221 e. The molecule has 0 spiro atoms. The van der Waals surface area contributed by atoms with Gasteiger partial charge in [0.2, 0.25) is 5.91 Å². The summed E-state index contributed by atoms with van der Waals surface area (Å²) in [6.07, 6.45) is 7.50. The van der Waals surface area contributed by atoms with Gasteiger partial charge in [-0.25, -0.2) is 0 Å².